The third kappa shape index (κ3) is 3.97. The predicted octanol–water partition coefficient (Wildman–Crippen LogP) is 5.41. The van der Waals surface area contributed by atoms with Gasteiger partial charge in [-0.2, -0.15) is 4.99 Å². The van der Waals surface area contributed by atoms with Gasteiger partial charge in [0.25, 0.3) is 5.91 Å². The summed E-state index contributed by atoms with van der Waals surface area (Å²) in [5, 5.41) is 3.28. The molecule has 4 rings (SSSR count). The number of thioether (sulfide) groups is 1. The number of amides is 1. The van der Waals surface area contributed by atoms with E-state index in [0.29, 0.717) is 27.4 Å². The Bertz CT molecular complexity index is 1120. The number of aromatic nitrogens is 1. The second kappa shape index (κ2) is 8.23. The molecule has 2 aromatic carbocycles. The standard InChI is InChI=1S/C22H20N4OS2/c1-3-26-20(27)19(14(2)16-10-7-11-17(23)12-16)29-22(26)25-21-24-18(13-28-21)15-8-5-4-6-9-15/h4-13H,3,23H2,1-2H3/b19-14-,25-22+. The zero-order valence-corrected chi connectivity index (χ0v) is 17.8. The number of hydrogen-bond donors (Lipinski definition) is 1. The Hall–Kier alpha value is -2.90. The van der Waals surface area contributed by atoms with Gasteiger partial charge in [-0.05, 0) is 48.9 Å². The average molecular weight is 421 g/mol. The topological polar surface area (TPSA) is 71.6 Å². The number of anilines is 1. The van der Waals surface area contributed by atoms with Crippen molar-refractivity contribution in [1.29, 1.82) is 0 Å². The molecule has 3 aromatic rings. The highest BCUT2D eigenvalue weighted by atomic mass is 32.2. The summed E-state index contributed by atoms with van der Waals surface area (Å²) in [7, 11) is 0. The second-order valence-electron chi connectivity index (χ2n) is 6.51. The molecule has 1 amide bonds. The van der Waals surface area contributed by atoms with Gasteiger partial charge in [-0.1, -0.05) is 42.5 Å². The summed E-state index contributed by atoms with van der Waals surface area (Å²) in [4.78, 5) is 24.7. The number of nitrogen functional groups attached to an aromatic ring is 1. The van der Waals surface area contributed by atoms with Crippen molar-refractivity contribution in [3.8, 4) is 11.3 Å². The fraction of sp³-hybridized carbons (Fsp3) is 0.136. The smallest absolute Gasteiger partial charge is 0.267 e. The summed E-state index contributed by atoms with van der Waals surface area (Å²) in [5.41, 5.74) is 10.4. The van der Waals surface area contributed by atoms with Crippen LogP contribution in [0.25, 0.3) is 16.8 Å². The minimum Gasteiger partial charge on any atom is -0.399 e. The monoisotopic (exact) mass is 420 g/mol. The lowest BCUT2D eigenvalue weighted by molar-refractivity contribution is -0.122. The Morgan fingerprint density at radius 1 is 1.17 bits per heavy atom. The third-order valence-electron chi connectivity index (χ3n) is 4.59. The number of rotatable bonds is 4. The van der Waals surface area contributed by atoms with E-state index in [4.69, 9.17) is 5.73 Å². The van der Waals surface area contributed by atoms with Crippen LogP contribution >= 0.6 is 23.1 Å². The maximum atomic E-state index is 13.0. The third-order valence-corrected chi connectivity index (χ3v) is 6.51. The van der Waals surface area contributed by atoms with Gasteiger partial charge in [0.2, 0.25) is 5.13 Å². The van der Waals surface area contributed by atoms with Crippen molar-refractivity contribution in [2.24, 2.45) is 4.99 Å². The van der Waals surface area contributed by atoms with E-state index in [1.54, 1.807) is 4.90 Å². The van der Waals surface area contributed by atoms with E-state index in [0.717, 1.165) is 22.4 Å². The van der Waals surface area contributed by atoms with Gasteiger partial charge in [-0.3, -0.25) is 9.69 Å². The number of aliphatic imine (C=N–C) groups is 1. The van der Waals surface area contributed by atoms with Gasteiger partial charge in [0.15, 0.2) is 5.17 Å². The molecule has 0 bridgehead atoms. The van der Waals surface area contributed by atoms with E-state index >= 15 is 0 Å². The van der Waals surface area contributed by atoms with Gasteiger partial charge in [0.05, 0.1) is 10.6 Å². The average Bonchev–Trinajstić information content (AvgIpc) is 3.32. The molecule has 1 aromatic heterocycles. The normalized spacial score (nSPS) is 17.2. The number of thiazole rings is 1. The van der Waals surface area contributed by atoms with Crippen LogP contribution in [0, 0.1) is 0 Å². The highest BCUT2D eigenvalue weighted by molar-refractivity contribution is 8.18. The number of amidine groups is 1. The lowest BCUT2D eigenvalue weighted by Gasteiger charge is -2.11. The number of allylic oxidation sites excluding steroid dienone is 1. The Labute approximate surface area is 178 Å². The van der Waals surface area contributed by atoms with Crippen molar-refractivity contribution in [2.45, 2.75) is 13.8 Å². The molecule has 1 aliphatic rings. The lowest BCUT2D eigenvalue weighted by Crippen LogP contribution is -2.28. The molecule has 2 heterocycles. The van der Waals surface area contributed by atoms with Crippen LogP contribution in [-0.4, -0.2) is 27.5 Å². The first-order chi connectivity index (χ1) is 14.1. The summed E-state index contributed by atoms with van der Waals surface area (Å²) in [6.07, 6.45) is 0. The van der Waals surface area contributed by atoms with Gasteiger partial charge in [0.1, 0.15) is 0 Å². The van der Waals surface area contributed by atoms with Crippen molar-refractivity contribution >= 4 is 50.6 Å². The maximum absolute atomic E-state index is 13.0. The maximum Gasteiger partial charge on any atom is 0.267 e. The molecule has 0 unspecified atom stereocenters. The van der Waals surface area contributed by atoms with Crippen LogP contribution in [0.5, 0.6) is 0 Å². The molecule has 0 spiro atoms. The van der Waals surface area contributed by atoms with Gasteiger partial charge in [-0.15, -0.1) is 11.3 Å². The first-order valence-electron chi connectivity index (χ1n) is 9.23. The predicted molar refractivity (Wildman–Crippen MR) is 123 cm³/mol. The van der Waals surface area contributed by atoms with Gasteiger partial charge >= 0.3 is 0 Å². The van der Waals surface area contributed by atoms with Crippen molar-refractivity contribution in [2.75, 3.05) is 12.3 Å². The molecule has 0 radical (unpaired) electrons. The van der Waals surface area contributed by atoms with Gasteiger partial charge in [0, 0.05) is 23.2 Å². The summed E-state index contributed by atoms with van der Waals surface area (Å²) in [6, 6.07) is 17.6. The van der Waals surface area contributed by atoms with E-state index in [1.807, 2.05) is 73.8 Å². The summed E-state index contributed by atoms with van der Waals surface area (Å²) in [5.74, 6) is -0.0315. The zero-order valence-electron chi connectivity index (χ0n) is 16.1. The molecule has 0 saturated carbocycles. The molecule has 2 N–H and O–H groups in total. The number of nitrogens with zero attached hydrogens (tertiary/aromatic N) is 3. The fourth-order valence-corrected chi connectivity index (χ4v) is 4.90. The molecule has 0 atom stereocenters. The minimum absolute atomic E-state index is 0.0315. The quantitative estimate of drug-likeness (QED) is 0.453. The molecule has 1 saturated heterocycles. The van der Waals surface area contributed by atoms with Crippen LogP contribution in [0.1, 0.15) is 19.4 Å². The van der Waals surface area contributed by atoms with Crippen LogP contribution < -0.4 is 5.73 Å². The van der Waals surface area contributed by atoms with Crippen LogP contribution in [0.15, 0.2) is 69.9 Å². The molecule has 0 aliphatic carbocycles. The molecular formula is C22H20N4OS2. The summed E-state index contributed by atoms with van der Waals surface area (Å²) < 4.78 is 0. The minimum atomic E-state index is -0.0315. The number of hydrogen-bond acceptors (Lipinski definition) is 6. The van der Waals surface area contributed by atoms with E-state index < -0.39 is 0 Å². The van der Waals surface area contributed by atoms with Crippen LogP contribution in [0.2, 0.25) is 0 Å². The van der Waals surface area contributed by atoms with Crippen LogP contribution in [0.3, 0.4) is 0 Å². The Balaban J connectivity index is 1.67. The molecule has 29 heavy (non-hydrogen) atoms. The number of carbonyl (C=O) groups excluding carboxylic acids is 1. The van der Waals surface area contributed by atoms with Crippen molar-refractivity contribution in [3.05, 3.63) is 70.4 Å². The Morgan fingerprint density at radius 2 is 1.97 bits per heavy atom. The molecule has 1 fully saturated rings. The number of benzene rings is 2. The number of likely N-dealkylation sites (N-methyl/N-ethyl adjacent to an activating group) is 1. The fourth-order valence-electron chi connectivity index (χ4n) is 3.04. The number of nitrogens with two attached hydrogens (primary N) is 1. The Kier molecular flexibility index (Phi) is 5.51. The van der Waals surface area contributed by atoms with E-state index in [9.17, 15) is 4.79 Å². The first-order valence-corrected chi connectivity index (χ1v) is 10.9. The Morgan fingerprint density at radius 3 is 2.69 bits per heavy atom. The van der Waals surface area contributed by atoms with Gasteiger partial charge in [-0.25, -0.2) is 4.98 Å². The largest absolute Gasteiger partial charge is 0.399 e. The lowest BCUT2D eigenvalue weighted by atomic mass is 10.1. The van der Waals surface area contributed by atoms with Crippen LogP contribution in [0.4, 0.5) is 10.8 Å². The van der Waals surface area contributed by atoms with E-state index in [-0.39, 0.29) is 5.91 Å². The van der Waals surface area contributed by atoms with Gasteiger partial charge < -0.3 is 5.73 Å². The first kappa shape index (κ1) is 19.4. The highest BCUT2D eigenvalue weighted by Gasteiger charge is 2.34. The van der Waals surface area contributed by atoms with E-state index in [2.05, 4.69) is 9.98 Å². The molecule has 1 aliphatic heterocycles. The zero-order chi connectivity index (χ0) is 20.4. The SMILES string of the molecule is CCN1C(=O)/C(=C(\C)c2cccc(N)c2)S/C1=N/c1nc(-c2ccccc2)cs1. The molecule has 7 heteroatoms. The molecule has 5 nitrogen and oxygen atoms in total. The molecular weight excluding hydrogens is 400 g/mol. The highest BCUT2D eigenvalue weighted by Crippen LogP contribution is 2.38. The van der Waals surface area contributed by atoms with Crippen LogP contribution in [-0.2, 0) is 4.79 Å². The van der Waals surface area contributed by atoms with Crippen molar-refractivity contribution < 1.29 is 4.79 Å². The van der Waals surface area contributed by atoms with E-state index in [1.165, 1.54) is 23.1 Å². The second-order valence-corrected chi connectivity index (χ2v) is 8.32. The number of carbonyl (C=O) groups is 1. The summed E-state index contributed by atoms with van der Waals surface area (Å²) >= 11 is 2.86. The van der Waals surface area contributed by atoms with Crippen molar-refractivity contribution in [1.82, 2.24) is 9.88 Å². The van der Waals surface area contributed by atoms with Crippen molar-refractivity contribution in [3.63, 3.8) is 0 Å². The summed E-state index contributed by atoms with van der Waals surface area (Å²) in [6.45, 7) is 4.45. The molecule has 146 valence electrons.